The van der Waals surface area contributed by atoms with Gasteiger partial charge in [-0.1, -0.05) is 25.1 Å². The molecule has 1 heterocycles. The Labute approximate surface area is 118 Å². The van der Waals surface area contributed by atoms with Crippen LogP contribution in [0.1, 0.15) is 32.8 Å². The largest absolute Gasteiger partial charge is 0.480 e. The lowest BCUT2D eigenvalue weighted by Gasteiger charge is -2.30. The van der Waals surface area contributed by atoms with Gasteiger partial charge in [0.15, 0.2) is 0 Å². The minimum absolute atomic E-state index is 0.0299. The van der Waals surface area contributed by atoms with E-state index in [9.17, 15) is 14.7 Å². The molecule has 0 aromatic heterocycles. The summed E-state index contributed by atoms with van der Waals surface area (Å²) < 4.78 is 0. The highest BCUT2D eigenvalue weighted by molar-refractivity contribution is 5.97. The second-order valence-electron chi connectivity index (χ2n) is 5.47. The summed E-state index contributed by atoms with van der Waals surface area (Å²) in [6.07, 6.45) is 1.12. The molecule has 1 aliphatic heterocycles. The Morgan fingerprint density at radius 3 is 2.70 bits per heavy atom. The second-order valence-corrected chi connectivity index (χ2v) is 5.47. The van der Waals surface area contributed by atoms with Crippen LogP contribution in [0.5, 0.6) is 0 Å². The molecule has 1 aromatic carbocycles. The number of rotatable bonds is 3. The Bertz CT molecular complexity index is 544. The summed E-state index contributed by atoms with van der Waals surface area (Å²) >= 11 is 0. The number of benzene rings is 1. The van der Waals surface area contributed by atoms with Gasteiger partial charge in [-0.15, -0.1) is 0 Å². The molecule has 0 saturated carbocycles. The van der Waals surface area contributed by atoms with Gasteiger partial charge < -0.3 is 10.4 Å². The summed E-state index contributed by atoms with van der Waals surface area (Å²) in [5.41, 5.74) is 0.735. The Kier molecular flexibility index (Phi) is 3.70. The van der Waals surface area contributed by atoms with Crippen molar-refractivity contribution in [3.63, 3.8) is 0 Å². The average Bonchev–Trinajstić information content (AvgIpc) is 2.74. The van der Waals surface area contributed by atoms with Gasteiger partial charge in [-0.3, -0.25) is 4.90 Å². The molecule has 20 heavy (non-hydrogen) atoms. The van der Waals surface area contributed by atoms with Crippen molar-refractivity contribution in [2.24, 2.45) is 0 Å². The number of hydrogen-bond donors (Lipinski definition) is 2. The zero-order valence-electron chi connectivity index (χ0n) is 12.0. The van der Waals surface area contributed by atoms with E-state index in [0.29, 0.717) is 6.42 Å². The average molecular weight is 276 g/mol. The van der Waals surface area contributed by atoms with E-state index < -0.39 is 11.5 Å². The Hall–Kier alpha value is -2.04. The third-order valence-corrected chi connectivity index (χ3v) is 3.99. The van der Waals surface area contributed by atoms with E-state index in [0.717, 1.165) is 17.7 Å². The molecular formula is C15H20N2O3. The number of anilines is 1. The quantitative estimate of drug-likeness (QED) is 0.890. The van der Waals surface area contributed by atoms with Crippen LogP contribution in [0, 0.1) is 0 Å². The van der Waals surface area contributed by atoms with Crippen LogP contribution < -0.4 is 10.2 Å². The maximum absolute atomic E-state index is 12.4. The highest BCUT2D eigenvalue weighted by atomic mass is 16.4. The van der Waals surface area contributed by atoms with Crippen LogP contribution >= 0.6 is 0 Å². The lowest BCUT2D eigenvalue weighted by molar-refractivity contribution is -0.143. The number of amides is 2. The number of carbonyl (C=O) groups is 2. The molecule has 0 aliphatic carbocycles. The number of carboxylic acids is 1. The van der Waals surface area contributed by atoms with E-state index in [-0.39, 0.29) is 12.1 Å². The maximum Gasteiger partial charge on any atom is 0.329 e. The van der Waals surface area contributed by atoms with Crippen molar-refractivity contribution < 1.29 is 14.7 Å². The number of para-hydroxylation sites is 1. The van der Waals surface area contributed by atoms with E-state index >= 15 is 0 Å². The molecule has 2 unspecified atom stereocenters. The number of hydrogen-bond acceptors (Lipinski definition) is 2. The van der Waals surface area contributed by atoms with Crippen molar-refractivity contribution in [3.8, 4) is 0 Å². The van der Waals surface area contributed by atoms with Crippen molar-refractivity contribution in [3.05, 3.63) is 29.8 Å². The van der Waals surface area contributed by atoms with Gasteiger partial charge >= 0.3 is 12.0 Å². The SMILES string of the molecule is CCC(C)(NC(=O)N1c2ccccc2CC1C)C(=O)O. The zero-order valence-corrected chi connectivity index (χ0v) is 12.0. The highest BCUT2D eigenvalue weighted by Gasteiger charge is 2.37. The first kappa shape index (κ1) is 14.4. The molecule has 5 heteroatoms. The monoisotopic (exact) mass is 276 g/mol. The van der Waals surface area contributed by atoms with Crippen molar-refractivity contribution >= 4 is 17.7 Å². The molecule has 2 rings (SSSR count). The maximum atomic E-state index is 12.4. The van der Waals surface area contributed by atoms with Gasteiger partial charge in [-0.05, 0) is 38.3 Å². The van der Waals surface area contributed by atoms with Gasteiger partial charge in [-0.25, -0.2) is 9.59 Å². The number of fused-ring (bicyclic) bond motifs is 1. The number of urea groups is 1. The van der Waals surface area contributed by atoms with Gasteiger partial charge in [-0.2, -0.15) is 0 Å². The summed E-state index contributed by atoms with van der Waals surface area (Å²) in [5.74, 6) is -1.02. The third kappa shape index (κ3) is 2.35. The predicted molar refractivity (Wildman–Crippen MR) is 77.0 cm³/mol. The van der Waals surface area contributed by atoms with E-state index in [1.54, 1.807) is 11.8 Å². The number of nitrogens with zero attached hydrogens (tertiary/aromatic N) is 1. The van der Waals surface area contributed by atoms with Crippen LogP contribution in [0.3, 0.4) is 0 Å². The molecule has 2 N–H and O–H groups in total. The fraction of sp³-hybridized carbons (Fsp3) is 0.467. The smallest absolute Gasteiger partial charge is 0.329 e. The van der Waals surface area contributed by atoms with Crippen LogP contribution in [0.2, 0.25) is 0 Å². The molecule has 0 radical (unpaired) electrons. The van der Waals surface area contributed by atoms with E-state index in [1.165, 1.54) is 6.92 Å². The minimum atomic E-state index is -1.24. The lowest BCUT2D eigenvalue weighted by Crippen LogP contribution is -2.56. The molecule has 0 fully saturated rings. The van der Waals surface area contributed by atoms with Crippen LogP contribution in [0.4, 0.5) is 10.5 Å². The third-order valence-electron chi connectivity index (χ3n) is 3.99. The van der Waals surface area contributed by atoms with Crippen molar-refractivity contribution in [2.75, 3.05) is 4.90 Å². The van der Waals surface area contributed by atoms with Crippen LogP contribution in [0.25, 0.3) is 0 Å². The number of nitrogens with one attached hydrogen (secondary N) is 1. The molecule has 5 nitrogen and oxygen atoms in total. The number of carbonyl (C=O) groups excluding carboxylic acids is 1. The summed E-state index contributed by atoms with van der Waals surface area (Å²) in [6, 6.07) is 7.39. The van der Waals surface area contributed by atoms with Crippen LogP contribution in [0.15, 0.2) is 24.3 Å². The highest BCUT2D eigenvalue weighted by Crippen LogP contribution is 2.32. The molecular weight excluding hydrogens is 256 g/mol. The zero-order chi connectivity index (χ0) is 14.9. The molecule has 0 saturated heterocycles. The normalized spacial score (nSPS) is 20.1. The minimum Gasteiger partial charge on any atom is -0.480 e. The van der Waals surface area contributed by atoms with Crippen molar-refractivity contribution in [1.82, 2.24) is 5.32 Å². The van der Waals surface area contributed by atoms with Gasteiger partial charge in [0, 0.05) is 11.7 Å². The fourth-order valence-electron chi connectivity index (χ4n) is 2.46. The van der Waals surface area contributed by atoms with Gasteiger partial charge in [0.25, 0.3) is 0 Å². The predicted octanol–water partition coefficient (Wildman–Crippen LogP) is 2.40. The second kappa shape index (κ2) is 5.15. The first-order valence-corrected chi connectivity index (χ1v) is 6.81. The van der Waals surface area contributed by atoms with Gasteiger partial charge in [0.1, 0.15) is 5.54 Å². The van der Waals surface area contributed by atoms with E-state index in [2.05, 4.69) is 5.32 Å². The first-order chi connectivity index (χ1) is 9.39. The Morgan fingerprint density at radius 1 is 1.45 bits per heavy atom. The summed E-state index contributed by atoms with van der Waals surface area (Å²) in [5, 5.41) is 11.9. The summed E-state index contributed by atoms with van der Waals surface area (Å²) in [7, 11) is 0. The molecule has 2 amide bonds. The summed E-state index contributed by atoms with van der Waals surface area (Å²) in [6.45, 7) is 5.24. The Morgan fingerprint density at radius 2 is 2.10 bits per heavy atom. The van der Waals surface area contributed by atoms with Gasteiger partial charge in [0.2, 0.25) is 0 Å². The fourth-order valence-corrected chi connectivity index (χ4v) is 2.46. The van der Waals surface area contributed by atoms with E-state index in [1.807, 2.05) is 31.2 Å². The topological polar surface area (TPSA) is 69.6 Å². The Balaban J connectivity index is 2.24. The summed E-state index contributed by atoms with van der Waals surface area (Å²) in [4.78, 5) is 25.4. The molecule has 1 aromatic rings. The van der Waals surface area contributed by atoms with Crippen LogP contribution in [-0.4, -0.2) is 28.7 Å². The lowest BCUT2D eigenvalue weighted by atomic mass is 10.00. The van der Waals surface area contributed by atoms with Crippen LogP contribution in [-0.2, 0) is 11.2 Å². The van der Waals surface area contributed by atoms with Crippen molar-refractivity contribution in [2.45, 2.75) is 45.2 Å². The van der Waals surface area contributed by atoms with Crippen molar-refractivity contribution in [1.29, 1.82) is 0 Å². The molecule has 108 valence electrons. The van der Waals surface area contributed by atoms with Gasteiger partial charge in [0.05, 0.1) is 0 Å². The first-order valence-electron chi connectivity index (χ1n) is 6.81. The molecule has 1 aliphatic rings. The molecule has 2 atom stereocenters. The molecule has 0 spiro atoms. The molecule has 0 bridgehead atoms. The number of aliphatic carboxylic acids is 1. The standard InChI is InChI=1S/C15H20N2O3/c1-4-15(3,13(18)19)16-14(20)17-10(2)9-11-7-5-6-8-12(11)17/h5-8,10H,4,9H2,1-3H3,(H,16,20)(H,18,19). The number of carboxylic acid groups (broad SMARTS) is 1. The van der Waals surface area contributed by atoms with E-state index in [4.69, 9.17) is 0 Å².